The van der Waals surface area contributed by atoms with Crippen LogP contribution in [0.4, 0.5) is 0 Å². The van der Waals surface area contributed by atoms with E-state index in [4.69, 9.17) is 18.4 Å². The molecule has 0 bridgehead atoms. The van der Waals surface area contributed by atoms with Crippen LogP contribution in [0.2, 0.25) is 0 Å². The summed E-state index contributed by atoms with van der Waals surface area (Å²) in [5, 5.41) is 0. The van der Waals surface area contributed by atoms with Crippen molar-refractivity contribution < 1.29 is 26.8 Å². The van der Waals surface area contributed by atoms with Crippen molar-refractivity contribution in [2.45, 2.75) is 56.4 Å². The normalized spacial score (nSPS) is 20.9. The summed E-state index contributed by atoms with van der Waals surface area (Å²) in [4.78, 5) is 15.9. The summed E-state index contributed by atoms with van der Waals surface area (Å²) in [6, 6.07) is 8.04. The highest BCUT2D eigenvalue weighted by Gasteiger charge is 2.28. The van der Waals surface area contributed by atoms with Gasteiger partial charge in [-0.1, -0.05) is 17.7 Å². The van der Waals surface area contributed by atoms with Crippen LogP contribution in [0.1, 0.15) is 30.5 Å². The van der Waals surface area contributed by atoms with Gasteiger partial charge in [-0.2, -0.15) is 13.4 Å². The van der Waals surface area contributed by atoms with Gasteiger partial charge in [0.1, 0.15) is 12.7 Å². The minimum absolute atomic E-state index is 0.0870. The van der Waals surface area contributed by atoms with E-state index in [0.717, 1.165) is 30.5 Å². The molecule has 0 N–H and O–H groups in total. The Labute approximate surface area is 181 Å². The maximum absolute atomic E-state index is 12.4. The number of benzene rings is 1. The summed E-state index contributed by atoms with van der Waals surface area (Å²) in [7, 11) is -3.90. The van der Waals surface area contributed by atoms with Crippen molar-refractivity contribution in [1.82, 2.24) is 9.55 Å². The van der Waals surface area contributed by atoms with E-state index in [1.165, 1.54) is 18.2 Å². The van der Waals surface area contributed by atoms with Gasteiger partial charge in [-0.3, -0.25) is 13.5 Å². The summed E-state index contributed by atoms with van der Waals surface area (Å²) < 4.78 is 48.8. The SMILES string of the molecule is Cc1ccc(S(=O)(=O)OC[C@@H]2Cn3c(CCOC4CCCCO4)cc(=O)nc3O2)cc1. The van der Waals surface area contributed by atoms with E-state index in [1.54, 1.807) is 16.7 Å². The van der Waals surface area contributed by atoms with Gasteiger partial charge in [-0.25, -0.2) is 0 Å². The number of aromatic nitrogens is 2. The standard InChI is InChI=1S/C21H26N2O7S/c1-15-5-7-18(8-6-15)31(25,26)29-14-17-13-23-16(12-19(24)22-21(23)30-17)9-11-28-20-4-2-3-10-27-20/h5-8,12,17,20H,2-4,9-11,13-14H2,1H3/t17-,20?/m0/s1. The van der Waals surface area contributed by atoms with Gasteiger partial charge in [-0.05, 0) is 38.3 Å². The number of hydrogen-bond acceptors (Lipinski definition) is 8. The Kier molecular flexibility index (Phi) is 6.71. The highest BCUT2D eigenvalue weighted by molar-refractivity contribution is 7.86. The maximum atomic E-state index is 12.4. The lowest BCUT2D eigenvalue weighted by atomic mass is 10.2. The zero-order valence-electron chi connectivity index (χ0n) is 17.4. The summed E-state index contributed by atoms with van der Waals surface area (Å²) in [5.74, 6) is 0. The molecule has 0 saturated carbocycles. The zero-order chi connectivity index (χ0) is 21.8. The summed E-state index contributed by atoms with van der Waals surface area (Å²) >= 11 is 0. The number of fused-ring (bicyclic) bond motifs is 1. The monoisotopic (exact) mass is 450 g/mol. The summed E-state index contributed by atoms with van der Waals surface area (Å²) in [6.07, 6.45) is 2.71. The van der Waals surface area contributed by atoms with Gasteiger partial charge in [-0.15, -0.1) is 0 Å². The van der Waals surface area contributed by atoms with Crippen LogP contribution in [0.15, 0.2) is 40.0 Å². The summed E-state index contributed by atoms with van der Waals surface area (Å²) in [5.41, 5.74) is 1.26. The fourth-order valence-corrected chi connectivity index (χ4v) is 4.51. The minimum atomic E-state index is -3.90. The third-order valence-corrected chi connectivity index (χ3v) is 6.55. The highest BCUT2D eigenvalue weighted by atomic mass is 32.2. The van der Waals surface area contributed by atoms with Crippen LogP contribution in [-0.2, 0) is 36.7 Å². The van der Waals surface area contributed by atoms with Crippen LogP contribution in [0.25, 0.3) is 0 Å². The molecule has 31 heavy (non-hydrogen) atoms. The Bertz CT molecular complexity index is 1060. The Morgan fingerprint density at radius 2 is 2.03 bits per heavy atom. The third-order valence-electron chi connectivity index (χ3n) is 5.25. The first-order valence-electron chi connectivity index (χ1n) is 10.4. The molecule has 1 aromatic carbocycles. The smallest absolute Gasteiger partial charge is 0.300 e. The van der Waals surface area contributed by atoms with Gasteiger partial charge >= 0.3 is 0 Å². The largest absolute Gasteiger partial charge is 0.457 e. The molecule has 0 aliphatic carbocycles. The molecule has 0 amide bonds. The first-order chi connectivity index (χ1) is 14.9. The first-order valence-corrected chi connectivity index (χ1v) is 11.8. The van der Waals surface area contributed by atoms with Crippen molar-refractivity contribution in [3.8, 4) is 6.01 Å². The second-order valence-electron chi connectivity index (χ2n) is 7.69. The van der Waals surface area contributed by atoms with Gasteiger partial charge in [0.25, 0.3) is 21.7 Å². The van der Waals surface area contributed by atoms with Gasteiger partial charge in [0, 0.05) is 24.8 Å². The lowest BCUT2D eigenvalue weighted by Crippen LogP contribution is -2.25. The van der Waals surface area contributed by atoms with Crippen LogP contribution in [-0.4, -0.2) is 50.2 Å². The highest BCUT2D eigenvalue weighted by Crippen LogP contribution is 2.22. The van der Waals surface area contributed by atoms with Gasteiger partial charge in [0.2, 0.25) is 0 Å². The van der Waals surface area contributed by atoms with E-state index in [2.05, 4.69) is 4.98 Å². The number of nitrogens with zero attached hydrogens (tertiary/aromatic N) is 2. The topological polar surface area (TPSA) is 106 Å². The lowest BCUT2D eigenvalue weighted by molar-refractivity contribution is -0.161. The van der Waals surface area contributed by atoms with E-state index in [1.807, 2.05) is 6.92 Å². The molecule has 10 heteroatoms. The molecule has 1 aromatic heterocycles. The minimum Gasteiger partial charge on any atom is -0.457 e. The second-order valence-corrected chi connectivity index (χ2v) is 9.30. The second kappa shape index (κ2) is 9.47. The van der Waals surface area contributed by atoms with Gasteiger partial charge in [0.05, 0.1) is 18.0 Å². The molecule has 168 valence electrons. The molecule has 1 saturated heterocycles. The average Bonchev–Trinajstić information content (AvgIpc) is 3.16. The molecule has 9 nitrogen and oxygen atoms in total. The molecule has 2 aliphatic heterocycles. The molecule has 2 aromatic rings. The number of aryl methyl sites for hydroxylation is 1. The first kappa shape index (κ1) is 21.9. The number of rotatable bonds is 8. The quantitative estimate of drug-likeness (QED) is 0.561. The molecule has 4 rings (SSSR count). The van der Waals surface area contributed by atoms with E-state index >= 15 is 0 Å². The molecule has 0 radical (unpaired) electrons. The van der Waals surface area contributed by atoms with E-state index < -0.39 is 21.8 Å². The van der Waals surface area contributed by atoms with E-state index in [9.17, 15) is 13.2 Å². The van der Waals surface area contributed by atoms with Crippen molar-refractivity contribution in [3.63, 3.8) is 0 Å². The fourth-order valence-electron chi connectivity index (χ4n) is 3.58. The lowest BCUT2D eigenvalue weighted by Gasteiger charge is -2.22. The fraction of sp³-hybridized carbons (Fsp3) is 0.524. The number of hydrogen-bond donors (Lipinski definition) is 0. The van der Waals surface area contributed by atoms with E-state index in [-0.39, 0.29) is 23.8 Å². The molecule has 2 atom stereocenters. The van der Waals surface area contributed by atoms with Crippen LogP contribution < -0.4 is 10.3 Å². The molecule has 1 fully saturated rings. The number of ether oxygens (including phenoxy) is 3. The summed E-state index contributed by atoms with van der Waals surface area (Å²) in [6.45, 7) is 3.13. The Morgan fingerprint density at radius 1 is 1.23 bits per heavy atom. The van der Waals surface area contributed by atoms with E-state index in [0.29, 0.717) is 26.2 Å². The van der Waals surface area contributed by atoms with Crippen LogP contribution in [0.5, 0.6) is 6.01 Å². The van der Waals surface area contributed by atoms with Crippen LogP contribution in [0, 0.1) is 6.92 Å². The molecular formula is C21H26N2O7S. The van der Waals surface area contributed by atoms with Gasteiger partial charge < -0.3 is 14.2 Å². The van der Waals surface area contributed by atoms with Crippen molar-refractivity contribution >= 4 is 10.1 Å². The van der Waals surface area contributed by atoms with Crippen molar-refractivity contribution in [2.24, 2.45) is 0 Å². The van der Waals surface area contributed by atoms with Crippen LogP contribution >= 0.6 is 0 Å². The molecule has 3 heterocycles. The predicted molar refractivity (Wildman–Crippen MR) is 110 cm³/mol. The van der Waals surface area contributed by atoms with Crippen LogP contribution in [0.3, 0.4) is 0 Å². The zero-order valence-corrected chi connectivity index (χ0v) is 18.2. The molecule has 2 aliphatic rings. The predicted octanol–water partition coefficient (Wildman–Crippen LogP) is 1.80. The molecule has 0 spiro atoms. The van der Waals surface area contributed by atoms with Crippen molar-refractivity contribution in [1.29, 1.82) is 0 Å². The third kappa shape index (κ3) is 5.51. The Hall–Kier alpha value is -2.27. The molecule has 1 unspecified atom stereocenters. The maximum Gasteiger partial charge on any atom is 0.300 e. The van der Waals surface area contributed by atoms with Crippen molar-refractivity contribution in [3.05, 3.63) is 51.9 Å². The molecular weight excluding hydrogens is 424 g/mol. The van der Waals surface area contributed by atoms with Crippen molar-refractivity contribution in [2.75, 3.05) is 19.8 Å². The average molecular weight is 451 g/mol. The Balaban J connectivity index is 1.36. The van der Waals surface area contributed by atoms with Gasteiger partial charge in [0.15, 0.2) is 6.29 Å². The Morgan fingerprint density at radius 3 is 2.77 bits per heavy atom.